The Kier molecular flexibility index (Phi) is 4.88. The van der Waals surface area contributed by atoms with Crippen LogP contribution in [0.5, 0.6) is 5.75 Å². The first-order valence-corrected chi connectivity index (χ1v) is 7.32. The quantitative estimate of drug-likeness (QED) is 0.830. The minimum absolute atomic E-state index is 0.0252. The van der Waals surface area contributed by atoms with E-state index in [0.29, 0.717) is 18.6 Å². The van der Waals surface area contributed by atoms with Crippen LogP contribution in [0, 0.1) is 11.8 Å². The van der Waals surface area contributed by atoms with E-state index in [4.69, 9.17) is 4.74 Å². The molecule has 0 aliphatic heterocycles. The molecule has 0 radical (unpaired) electrons. The lowest BCUT2D eigenvalue weighted by atomic mass is 9.78. The monoisotopic (exact) mass is 277 g/mol. The van der Waals surface area contributed by atoms with Crippen LogP contribution in [0.25, 0.3) is 0 Å². The van der Waals surface area contributed by atoms with Gasteiger partial charge in [0.15, 0.2) is 0 Å². The third kappa shape index (κ3) is 3.65. The molecule has 2 rings (SSSR count). The van der Waals surface area contributed by atoms with E-state index < -0.39 is 0 Å². The first-order chi connectivity index (χ1) is 9.60. The molecule has 0 saturated heterocycles. The SMILES string of the molecule is CCOC(=O)[C@@H]1CC[C@@H](Nc2cccc(O)c2)C[C@@H]1C. The molecule has 1 saturated carbocycles. The number of hydrogen-bond donors (Lipinski definition) is 2. The zero-order valence-electron chi connectivity index (χ0n) is 12.1. The van der Waals surface area contributed by atoms with E-state index in [9.17, 15) is 9.90 Å². The average molecular weight is 277 g/mol. The van der Waals surface area contributed by atoms with E-state index in [-0.39, 0.29) is 17.6 Å². The van der Waals surface area contributed by atoms with Gasteiger partial charge >= 0.3 is 5.97 Å². The van der Waals surface area contributed by atoms with Crippen LogP contribution >= 0.6 is 0 Å². The minimum Gasteiger partial charge on any atom is -0.508 e. The van der Waals surface area contributed by atoms with Crippen LogP contribution in [0.1, 0.15) is 33.1 Å². The lowest BCUT2D eigenvalue weighted by Gasteiger charge is -2.33. The lowest BCUT2D eigenvalue weighted by Crippen LogP contribution is -2.35. The van der Waals surface area contributed by atoms with Crippen molar-refractivity contribution < 1.29 is 14.6 Å². The van der Waals surface area contributed by atoms with Crippen LogP contribution in [-0.2, 0) is 9.53 Å². The number of ether oxygens (including phenoxy) is 1. The average Bonchev–Trinajstić information content (AvgIpc) is 2.39. The van der Waals surface area contributed by atoms with Gasteiger partial charge in [-0.3, -0.25) is 4.79 Å². The first kappa shape index (κ1) is 14.7. The summed E-state index contributed by atoms with van der Waals surface area (Å²) >= 11 is 0. The highest BCUT2D eigenvalue weighted by atomic mass is 16.5. The number of phenols is 1. The van der Waals surface area contributed by atoms with Crippen molar-refractivity contribution in [2.75, 3.05) is 11.9 Å². The minimum atomic E-state index is -0.0594. The fourth-order valence-electron chi connectivity index (χ4n) is 2.96. The maximum absolute atomic E-state index is 11.8. The van der Waals surface area contributed by atoms with Crippen LogP contribution in [-0.4, -0.2) is 23.7 Å². The number of esters is 1. The summed E-state index contributed by atoms with van der Waals surface area (Å²) in [5.74, 6) is 0.550. The molecule has 3 atom stereocenters. The second-order valence-electron chi connectivity index (χ2n) is 5.54. The molecule has 1 aliphatic carbocycles. The maximum atomic E-state index is 11.8. The zero-order chi connectivity index (χ0) is 14.5. The Morgan fingerprint density at radius 1 is 1.45 bits per heavy atom. The number of rotatable bonds is 4. The van der Waals surface area contributed by atoms with Gasteiger partial charge in [0.25, 0.3) is 0 Å². The highest BCUT2D eigenvalue weighted by Gasteiger charge is 2.33. The molecule has 110 valence electrons. The molecule has 4 nitrogen and oxygen atoms in total. The van der Waals surface area contributed by atoms with E-state index in [0.717, 1.165) is 24.9 Å². The Hall–Kier alpha value is -1.71. The van der Waals surface area contributed by atoms with Crippen LogP contribution in [0.3, 0.4) is 0 Å². The fraction of sp³-hybridized carbons (Fsp3) is 0.562. The van der Waals surface area contributed by atoms with Gasteiger partial charge in [-0.15, -0.1) is 0 Å². The molecule has 1 fully saturated rings. The normalized spacial score (nSPS) is 26.0. The van der Waals surface area contributed by atoms with Gasteiger partial charge in [0.2, 0.25) is 0 Å². The summed E-state index contributed by atoms with van der Waals surface area (Å²) < 4.78 is 5.13. The number of aromatic hydroxyl groups is 1. The molecule has 0 aromatic heterocycles. The molecule has 2 N–H and O–H groups in total. The van der Waals surface area contributed by atoms with Gasteiger partial charge in [-0.05, 0) is 44.2 Å². The van der Waals surface area contributed by atoms with Crippen LogP contribution in [0.15, 0.2) is 24.3 Å². The van der Waals surface area contributed by atoms with E-state index in [1.165, 1.54) is 0 Å². The van der Waals surface area contributed by atoms with Crippen molar-refractivity contribution in [3.63, 3.8) is 0 Å². The highest BCUT2D eigenvalue weighted by Crippen LogP contribution is 2.32. The van der Waals surface area contributed by atoms with Crippen molar-refractivity contribution in [2.24, 2.45) is 11.8 Å². The van der Waals surface area contributed by atoms with E-state index in [1.807, 2.05) is 19.1 Å². The smallest absolute Gasteiger partial charge is 0.309 e. The second-order valence-corrected chi connectivity index (χ2v) is 5.54. The number of phenolic OH excluding ortho intramolecular Hbond substituents is 1. The largest absolute Gasteiger partial charge is 0.508 e. The van der Waals surface area contributed by atoms with Gasteiger partial charge < -0.3 is 15.2 Å². The number of carbonyl (C=O) groups excluding carboxylic acids is 1. The Labute approximate surface area is 120 Å². The summed E-state index contributed by atoms with van der Waals surface area (Å²) in [6, 6.07) is 7.50. The van der Waals surface area contributed by atoms with Crippen molar-refractivity contribution in [3.05, 3.63) is 24.3 Å². The number of hydrogen-bond acceptors (Lipinski definition) is 4. The van der Waals surface area contributed by atoms with Gasteiger partial charge in [-0.1, -0.05) is 13.0 Å². The lowest BCUT2D eigenvalue weighted by molar-refractivity contribution is -0.151. The predicted octanol–water partition coefficient (Wildman–Crippen LogP) is 3.17. The zero-order valence-corrected chi connectivity index (χ0v) is 12.1. The Morgan fingerprint density at radius 3 is 2.90 bits per heavy atom. The van der Waals surface area contributed by atoms with Gasteiger partial charge in [0, 0.05) is 17.8 Å². The summed E-state index contributed by atoms with van der Waals surface area (Å²) in [5, 5.41) is 12.9. The Morgan fingerprint density at radius 2 is 2.25 bits per heavy atom. The molecule has 1 aromatic carbocycles. The predicted molar refractivity (Wildman–Crippen MR) is 78.7 cm³/mol. The third-order valence-electron chi connectivity index (χ3n) is 3.98. The second kappa shape index (κ2) is 6.64. The van der Waals surface area contributed by atoms with Crippen molar-refractivity contribution >= 4 is 11.7 Å². The topological polar surface area (TPSA) is 58.6 Å². The van der Waals surface area contributed by atoms with Crippen LogP contribution in [0.2, 0.25) is 0 Å². The Balaban J connectivity index is 1.90. The summed E-state index contributed by atoms with van der Waals surface area (Å²) in [6.45, 7) is 4.41. The Bertz CT molecular complexity index is 461. The molecular weight excluding hydrogens is 254 g/mol. The van der Waals surface area contributed by atoms with Gasteiger partial charge in [-0.2, -0.15) is 0 Å². The van der Waals surface area contributed by atoms with Crippen LogP contribution < -0.4 is 5.32 Å². The van der Waals surface area contributed by atoms with E-state index >= 15 is 0 Å². The summed E-state index contributed by atoms with van der Waals surface area (Å²) in [6.07, 6.45) is 2.75. The molecule has 0 heterocycles. The number of nitrogens with one attached hydrogen (secondary N) is 1. The van der Waals surface area contributed by atoms with Crippen molar-refractivity contribution in [1.29, 1.82) is 0 Å². The van der Waals surface area contributed by atoms with Gasteiger partial charge in [-0.25, -0.2) is 0 Å². The molecule has 20 heavy (non-hydrogen) atoms. The molecular formula is C16H23NO3. The van der Waals surface area contributed by atoms with Gasteiger partial charge in [0.05, 0.1) is 12.5 Å². The number of benzene rings is 1. The van der Waals surface area contributed by atoms with Crippen molar-refractivity contribution in [1.82, 2.24) is 0 Å². The van der Waals surface area contributed by atoms with Crippen LogP contribution in [0.4, 0.5) is 5.69 Å². The molecule has 4 heteroatoms. The van der Waals surface area contributed by atoms with Crippen molar-refractivity contribution in [3.8, 4) is 5.75 Å². The summed E-state index contributed by atoms with van der Waals surface area (Å²) in [5.41, 5.74) is 0.928. The standard InChI is InChI=1S/C16H23NO3/c1-3-20-16(19)15-8-7-13(9-11(15)2)17-12-5-4-6-14(18)10-12/h4-6,10-11,13,15,17-18H,3,7-9H2,1-2H3/t11-,13+,15+/m0/s1. The highest BCUT2D eigenvalue weighted by molar-refractivity contribution is 5.73. The van der Waals surface area contributed by atoms with Crippen molar-refractivity contribution in [2.45, 2.75) is 39.2 Å². The number of carbonyl (C=O) groups is 1. The molecule has 1 aromatic rings. The van der Waals surface area contributed by atoms with Gasteiger partial charge in [0.1, 0.15) is 5.75 Å². The van der Waals surface area contributed by atoms with E-state index in [1.54, 1.807) is 12.1 Å². The third-order valence-corrected chi connectivity index (χ3v) is 3.98. The summed E-state index contributed by atoms with van der Waals surface area (Å²) in [7, 11) is 0. The summed E-state index contributed by atoms with van der Waals surface area (Å²) in [4.78, 5) is 11.8. The molecule has 0 bridgehead atoms. The fourth-order valence-corrected chi connectivity index (χ4v) is 2.96. The maximum Gasteiger partial charge on any atom is 0.309 e. The number of anilines is 1. The molecule has 0 unspecified atom stereocenters. The molecule has 1 aliphatic rings. The molecule has 0 amide bonds. The molecule has 0 spiro atoms. The first-order valence-electron chi connectivity index (χ1n) is 7.32. The van der Waals surface area contributed by atoms with E-state index in [2.05, 4.69) is 12.2 Å².